The van der Waals surface area contributed by atoms with Gasteiger partial charge in [0.05, 0.1) is 12.0 Å². The van der Waals surface area contributed by atoms with E-state index in [2.05, 4.69) is 29.6 Å². The van der Waals surface area contributed by atoms with Gasteiger partial charge in [-0.2, -0.15) is 0 Å². The molecular weight excluding hydrogens is 378 g/mol. The Morgan fingerprint density at radius 3 is 2.30 bits per heavy atom. The number of alkyl carbamates (subject to hydrolysis) is 1. The summed E-state index contributed by atoms with van der Waals surface area (Å²) in [5, 5.41) is 12.5. The zero-order valence-corrected chi connectivity index (χ0v) is 17.4. The fourth-order valence-electron chi connectivity index (χ4n) is 5.19. The van der Waals surface area contributed by atoms with Gasteiger partial charge in [0.1, 0.15) is 6.61 Å². The van der Waals surface area contributed by atoms with Crippen LogP contribution in [0.4, 0.5) is 4.79 Å². The third-order valence-corrected chi connectivity index (χ3v) is 6.86. The standard InChI is InChI=1S/C25H29NO4/c1-17-9-3-2-8-14-25(17,15-23(27)28)26-24(29)30-16-22-20-12-6-4-10-18(20)19-11-5-7-13-21(19)22/h4-7,10-13,17,22H,2-3,8-9,14-16H2,1H3,(H,26,29)(H,27,28). The first-order valence-electron chi connectivity index (χ1n) is 10.8. The first-order valence-corrected chi connectivity index (χ1v) is 10.8. The molecule has 30 heavy (non-hydrogen) atoms. The third kappa shape index (κ3) is 3.93. The molecule has 1 amide bonds. The van der Waals surface area contributed by atoms with Gasteiger partial charge in [-0.15, -0.1) is 0 Å². The molecule has 5 nitrogen and oxygen atoms in total. The van der Waals surface area contributed by atoms with Crippen molar-refractivity contribution in [2.45, 2.75) is 56.9 Å². The lowest BCUT2D eigenvalue weighted by Gasteiger charge is -2.37. The number of rotatable bonds is 5. The van der Waals surface area contributed by atoms with E-state index in [0.717, 1.165) is 36.8 Å². The van der Waals surface area contributed by atoms with Gasteiger partial charge in [0.2, 0.25) is 0 Å². The van der Waals surface area contributed by atoms with E-state index in [1.54, 1.807) is 0 Å². The number of amides is 1. The zero-order chi connectivity index (χ0) is 21.1. The minimum Gasteiger partial charge on any atom is -0.481 e. The summed E-state index contributed by atoms with van der Waals surface area (Å²) in [5.41, 5.74) is 3.94. The van der Waals surface area contributed by atoms with Gasteiger partial charge in [0.15, 0.2) is 0 Å². The van der Waals surface area contributed by atoms with Gasteiger partial charge in [-0.1, -0.05) is 74.7 Å². The van der Waals surface area contributed by atoms with Crippen molar-refractivity contribution in [3.05, 3.63) is 59.7 Å². The first kappa shape index (κ1) is 20.5. The number of carboxylic acid groups (broad SMARTS) is 1. The molecule has 5 heteroatoms. The van der Waals surface area contributed by atoms with Crippen LogP contribution in [0.2, 0.25) is 0 Å². The van der Waals surface area contributed by atoms with E-state index in [0.29, 0.717) is 6.42 Å². The largest absolute Gasteiger partial charge is 0.481 e. The van der Waals surface area contributed by atoms with Crippen molar-refractivity contribution < 1.29 is 19.4 Å². The second-order valence-corrected chi connectivity index (χ2v) is 8.68. The number of nitrogens with one attached hydrogen (secondary N) is 1. The Morgan fingerprint density at radius 2 is 1.67 bits per heavy atom. The highest BCUT2D eigenvalue weighted by Gasteiger charge is 2.41. The lowest BCUT2D eigenvalue weighted by atomic mass is 9.78. The molecule has 2 N–H and O–H groups in total. The summed E-state index contributed by atoms with van der Waals surface area (Å²) in [7, 11) is 0. The van der Waals surface area contributed by atoms with Crippen LogP contribution in [0.3, 0.4) is 0 Å². The van der Waals surface area contributed by atoms with Crippen molar-refractivity contribution in [1.82, 2.24) is 5.32 Å². The maximum atomic E-state index is 12.8. The maximum absolute atomic E-state index is 12.8. The van der Waals surface area contributed by atoms with Crippen LogP contribution in [0.15, 0.2) is 48.5 Å². The number of benzene rings is 2. The van der Waals surface area contributed by atoms with Crippen molar-refractivity contribution >= 4 is 12.1 Å². The van der Waals surface area contributed by atoms with E-state index in [-0.39, 0.29) is 24.9 Å². The molecular formula is C25H29NO4. The lowest BCUT2D eigenvalue weighted by Crippen LogP contribution is -2.54. The molecule has 1 saturated carbocycles. The average molecular weight is 408 g/mol. The van der Waals surface area contributed by atoms with Crippen LogP contribution in [0.1, 0.15) is 62.5 Å². The number of carbonyl (C=O) groups excluding carboxylic acids is 1. The van der Waals surface area contributed by atoms with Crippen LogP contribution < -0.4 is 5.32 Å². The molecule has 1 fully saturated rings. The van der Waals surface area contributed by atoms with Crippen LogP contribution in [0.5, 0.6) is 0 Å². The number of carboxylic acids is 1. The van der Waals surface area contributed by atoms with E-state index in [1.165, 1.54) is 11.1 Å². The van der Waals surface area contributed by atoms with Gasteiger partial charge < -0.3 is 15.2 Å². The monoisotopic (exact) mass is 407 g/mol. The summed E-state index contributed by atoms with van der Waals surface area (Å²) in [5.74, 6) is -0.801. The second kappa shape index (κ2) is 8.50. The fraction of sp³-hybridized carbons (Fsp3) is 0.440. The fourth-order valence-corrected chi connectivity index (χ4v) is 5.19. The second-order valence-electron chi connectivity index (χ2n) is 8.68. The summed E-state index contributed by atoms with van der Waals surface area (Å²) >= 11 is 0. The zero-order valence-electron chi connectivity index (χ0n) is 17.4. The first-order chi connectivity index (χ1) is 14.5. The molecule has 2 aromatic rings. The van der Waals surface area contributed by atoms with Crippen LogP contribution in [-0.4, -0.2) is 29.3 Å². The highest BCUT2D eigenvalue weighted by molar-refractivity contribution is 5.79. The molecule has 0 aliphatic heterocycles. The molecule has 0 radical (unpaired) electrons. The van der Waals surface area contributed by atoms with Gasteiger partial charge in [-0.3, -0.25) is 4.79 Å². The Morgan fingerprint density at radius 1 is 1.03 bits per heavy atom. The van der Waals surface area contributed by atoms with Crippen molar-refractivity contribution in [2.75, 3.05) is 6.61 Å². The number of fused-ring (bicyclic) bond motifs is 3. The van der Waals surface area contributed by atoms with Crippen molar-refractivity contribution in [3.63, 3.8) is 0 Å². The highest BCUT2D eigenvalue weighted by Crippen LogP contribution is 2.44. The van der Waals surface area contributed by atoms with Gasteiger partial charge in [-0.05, 0) is 41.0 Å². The highest BCUT2D eigenvalue weighted by atomic mass is 16.5. The predicted octanol–water partition coefficient (Wildman–Crippen LogP) is 5.34. The number of hydrogen-bond donors (Lipinski definition) is 2. The van der Waals surface area contributed by atoms with Crippen LogP contribution in [0.25, 0.3) is 11.1 Å². The molecule has 0 heterocycles. The van der Waals surface area contributed by atoms with E-state index in [9.17, 15) is 14.7 Å². The number of aliphatic carboxylic acids is 1. The molecule has 2 atom stereocenters. The molecule has 2 aliphatic carbocycles. The van der Waals surface area contributed by atoms with Crippen LogP contribution >= 0.6 is 0 Å². The Kier molecular flexibility index (Phi) is 5.80. The Labute approximate surface area is 177 Å². The van der Waals surface area contributed by atoms with Gasteiger partial charge in [0.25, 0.3) is 0 Å². The molecule has 2 unspecified atom stereocenters. The average Bonchev–Trinajstić information content (AvgIpc) is 2.94. The molecule has 0 aromatic heterocycles. The summed E-state index contributed by atoms with van der Waals surface area (Å²) in [6.45, 7) is 2.27. The quantitative estimate of drug-likeness (QED) is 0.656. The molecule has 0 spiro atoms. The Balaban J connectivity index is 1.50. The van der Waals surface area contributed by atoms with Gasteiger partial charge >= 0.3 is 12.1 Å². The molecule has 0 saturated heterocycles. The Bertz CT molecular complexity index is 895. The number of hydrogen-bond acceptors (Lipinski definition) is 3. The minimum atomic E-state index is -0.886. The van der Waals surface area contributed by atoms with E-state index >= 15 is 0 Å². The predicted molar refractivity (Wildman–Crippen MR) is 115 cm³/mol. The van der Waals surface area contributed by atoms with Gasteiger partial charge in [-0.25, -0.2) is 4.79 Å². The summed E-state index contributed by atoms with van der Waals surface area (Å²) in [6.07, 6.45) is 4.04. The maximum Gasteiger partial charge on any atom is 0.407 e. The van der Waals surface area contributed by atoms with Crippen LogP contribution in [0, 0.1) is 5.92 Å². The lowest BCUT2D eigenvalue weighted by molar-refractivity contribution is -0.139. The molecule has 0 bridgehead atoms. The molecule has 2 aromatic carbocycles. The van der Waals surface area contributed by atoms with Crippen molar-refractivity contribution in [3.8, 4) is 11.1 Å². The smallest absolute Gasteiger partial charge is 0.407 e. The molecule has 2 aliphatic rings. The summed E-state index contributed by atoms with van der Waals surface area (Å²) in [4.78, 5) is 24.4. The number of ether oxygens (including phenoxy) is 1. The minimum absolute atomic E-state index is 0.00914. The number of carbonyl (C=O) groups is 2. The van der Waals surface area contributed by atoms with E-state index in [1.807, 2.05) is 31.2 Å². The summed E-state index contributed by atoms with van der Waals surface area (Å²) in [6, 6.07) is 16.4. The third-order valence-electron chi connectivity index (χ3n) is 6.86. The Hall–Kier alpha value is -2.82. The normalized spacial score (nSPS) is 23.2. The van der Waals surface area contributed by atoms with Crippen molar-refractivity contribution in [2.24, 2.45) is 5.92 Å². The van der Waals surface area contributed by atoms with E-state index < -0.39 is 17.6 Å². The van der Waals surface area contributed by atoms with E-state index in [4.69, 9.17) is 4.74 Å². The SMILES string of the molecule is CC1CCCCCC1(CC(=O)O)NC(=O)OCC1c2ccccc2-c2ccccc21. The van der Waals surface area contributed by atoms with Gasteiger partial charge in [0, 0.05) is 5.92 Å². The topological polar surface area (TPSA) is 75.6 Å². The van der Waals surface area contributed by atoms with Crippen molar-refractivity contribution in [1.29, 1.82) is 0 Å². The molecule has 158 valence electrons. The molecule has 4 rings (SSSR count). The van der Waals surface area contributed by atoms with Crippen LogP contribution in [-0.2, 0) is 9.53 Å². The summed E-state index contributed by atoms with van der Waals surface area (Å²) < 4.78 is 5.70.